The SMILES string of the molecule is CNC(=O)[C@@H](NC(=O)c1nc(C2CCN(C(=O)c3ccccc3)CC2)n2c1CN(C)CCC2)C(C)(C)C. The summed E-state index contributed by atoms with van der Waals surface area (Å²) in [6.45, 7) is 9.49. The number of aromatic nitrogens is 2. The zero-order valence-electron chi connectivity index (χ0n) is 22.7. The van der Waals surface area contributed by atoms with E-state index in [0.29, 0.717) is 30.9 Å². The Morgan fingerprint density at radius 1 is 1.03 bits per heavy atom. The van der Waals surface area contributed by atoms with Gasteiger partial charge in [0.05, 0.1) is 5.69 Å². The minimum absolute atomic E-state index is 0.0603. The maximum atomic E-state index is 13.6. The van der Waals surface area contributed by atoms with Gasteiger partial charge in [-0.15, -0.1) is 0 Å². The molecule has 9 nitrogen and oxygen atoms in total. The molecule has 0 saturated carbocycles. The van der Waals surface area contributed by atoms with Crippen LogP contribution in [0.4, 0.5) is 0 Å². The van der Waals surface area contributed by atoms with E-state index in [1.54, 1.807) is 7.05 Å². The van der Waals surface area contributed by atoms with Crippen molar-refractivity contribution in [2.24, 2.45) is 5.41 Å². The molecular formula is C28H40N6O3. The van der Waals surface area contributed by atoms with Crippen molar-refractivity contribution in [3.63, 3.8) is 0 Å². The van der Waals surface area contributed by atoms with Gasteiger partial charge in [0, 0.05) is 44.7 Å². The van der Waals surface area contributed by atoms with Gasteiger partial charge in [-0.25, -0.2) is 4.98 Å². The minimum Gasteiger partial charge on any atom is -0.357 e. The summed E-state index contributed by atoms with van der Waals surface area (Å²) in [6, 6.07) is 8.72. The third kappa shape index (κ3) is 5.87. The first kappa shape index (κ1) is 26.9. The highest BCUT2D eigenvalue weighted by molar-refractivity contribution is 5.97. The van der Waals surface area contributed by atoms with Crippen molar-refractivity contribution in [1.29, 1.82) is 0 Å². The molecule has 0 radical (unpaired) electrons. The molecule has 200 valence electrons. The second-order valence-electron chi connectivity index (χ2n) is 11.3. The van der Waals surface area contributed by atoms with Crippen LogP contribution in [0.2, 0.25) is 0 Å². The molecule has 3 amide bonds. The fraction of sp³-hybridized carbons (Fsp3) is 0.571. The average molecular weight is 509 g/mol. The van der Waals surface area contributed by atoms with Gasteiger partial charge >= 0.3 is 0 Å². The fourth-order valence-electron chi connectivity index (χ4n) is 5.37. The molecule has 0 unspecified atom stereocenters. The molecule has 37 heavy (non-hydrogen) atoms. The Labute approximate surface area is 219 Å². The number of rotatable bonds is 5. The fourth-order valence-corrected chi connectivity index (χ4v) is 5.37. The van der Waals surface area contributed by atoms with Gasteiger partial charge in [-0.2, -0.15) is 0 Å². The summed E-state index contributed by atoms with van der Waals surface area (Å²) in [7, 11) is 3.64. The highest BCUT2D eigenvalue weighted by Gasteiger charge is 2.36. The van der Waals surface area contributed by atoms with Gasteiger partial charge in [0.15, 0.2) is 5.69 Å². The largest absolute Gasteiger partial charge is 0.357 e. The van der Waals surface area contributed by atoms with E-state index >= 15 is 0 Å². The van der Waals surface area contributed by atoms with Crippen LogP contribution in [0.3, 0.4) is 0 Å². The topological polar surface area (TPSA) is 99.6 Å². The molecule has 0 spiro atoms. The van der Waals surface area contributed by atoms with Crippen molar-refractivity contribution in [1.82, 2.24) is 30.0 Å². The van der Waals surface area contributed by atoms with E-state index in [4.69, 9.17) is 4.98 Å². The lowest BCUT2D eigenvalue weighted by atomic mass is 9.86. The number of fused-ring (bicyclic) bond motifs is 1. The molecule has 1 saturated heterocycles. The van der Waals surface area contributed by atoms with Crippen LogP contribution in [0.25, 0.3) is 0 Å². The zero-order chi connectivity index (χ0) is 26.7. The average Bonchev–Trinajstić information content (AvgIpc) is 3.12. The van der Waals surface area contributed by atoms with E-state index in [2.05, 4.69) is 27.1 Å². The van der Waals surface area contributed by atoms with Crippen LogP contribution >= 0.6 is 0 Å². The van der Waals surface area contributed by atoms with Gasteiger partial charge in [-0.3, -0.25) is 14.4 Å². The zero-order valence-corrected chi connectivity index (χ0v) is 22.7. The van der Waals surface area contributed by atoms with Gasteiger partial charge in [-0.1, -0.05) is 39.0 Å². The summed E-state index contributed by atoms with van der Waals surface area (Å²) in [5.41, 5.74) is 1.57. The van der Waals surface area contributed by atoms with Crippen LogP contribution in [0.5, 0.6) is 0 Å². The Balaban J connectivity index is 1.58. The Hall–Kier alpha value is -3.20. The third-order valence-electron chi connectivity index (χ3n) is 7.48. The molecule has 1 atom stereocenters. The van der Waals surface area contributed by atoms with E-state index in [1.807, 2.05) is 56.0 Å². The molecule has 1 aromatic carbocycles. The number of likely N-dealkylation sites (tertiary alicyclic amines) is 1. The predicted octanol–water partition coefficient (Wildman–Crippen LogP) is 2.63. The summed E-state index contributed by atoms with van der Waals surface area (Å²) in [5, 5.41) is 5.64. The van der Waals surface area contributed by atoms with E-state index < -0.39 is 11.5 Å². The molecule has 9 heteroatoms. The van der Waals surface area contributed by atoms with Crippen molar-refractivity contribution in [3.8, 4) is 0 Å². The number of hydrogen-bond acceptors (Lipinski definition) is 5. The van der Waals surface area contributed by atoms with Crippen molar-refractivity contribution in [3.05, 3.63) is 53.1 Å². The molecule has 2 N–H and O–H groups in total. The van der Waals surface area contributed by atoms with Gasteiger partial charge in [0.1, 0.15) is 11.9 Å². The Bertz CT molecular complexity index is 1130. The highest BCUT2D eigenvalue weighted by Crippen LogP contribution is 2.32. The molecular weight excluding hydrogens is 468 g/mol. The number of imidazole rings is 1. The Kier molecular flexibility index (Phi) is 8.02. The van der Waals surface area contributed by atoms with Crippen molar-refractivity contribution in [2.75, 3.05) is 33.7 Å². The van der Waals surface area contributed by atoms with E-state index in [9.17, 15) is 14.4 Å². The first-order chi connectivity index (χ1) is 17.6. The van der Waals surface area contributed by atoms with E-state index in [-0.39, 0.29) is 23.6 Å². The van der Waals surface area contributed by atoms with Crippen molar-refractivity contribution in [2.45, 2.75) is 65.1 Å². The maximum Gasteiger partial charge on any atom is 0.272 e. The first-order valence-electron chi connectivity index (χ1n) is 13.2. The molecule has 3 heterocycles. The maximum absolute atomic E-state index is 13.6. The van der Waals surface area contributed by atoms with Crippen LogP contribution in [-0.2, 0) is 17.9 Å². The summed E-state index contributed by atoms with van der Waals surface area (Å²) < 4.78 is 2.23. The minimum atomic E-state index is -0.679. The number of amides is 3. The smallest absolute Gasteiger partial charge is 0.272 e. The third-order valence-corrected chi connectivity index (χ3v) is 7.48. The number of carbonyl (C=O) groups excluding carboxylic acids is 3. The quantitative estimate of drug-likeness (QED) is 0.647. The number of likely N-dealkylation sites (N-methyl/N-ethyl adjacent to an activating group) is 1. The number of carbonyl (C=O) groups is 3. The second kappa shape index (κ2) is 11.0. The number of piperidine rings is 1. The van der Waals surface area contributed by atoms with Gasteiger partial charge in [0.2, 0.25) is 5.91 Å². The molecule has 1 fully saturated rings. The van der Waals surface area contributed by atoms with E-state index in [0.717, 1.165) is 43.9 Å². The predicted molar refractivity (Wildman–Crippen MR) is 142 cm³/mol. The number of hydrogen-bond donors (Lipinski definition) is 2. The molecule has 0 bridgehead atoms. The number of nitrogens with zero attached hydrogens (tertiary/aromatic N) is 4. The standard InChI is InChI=1S/C28H40N6O3/c1-28(2,3)23(26(36)29-4)31-25(35)22-21-18-32(5)14-9-15-34(21)24(30-22)19-12-16-33(17-13-19)27(37)20-10-7-6-8-11-20/h6-8,10-11,19,23H,9,12-18H2,1-5H3,(H,29,36)(H,31,35)/t23-/m1/s1. The Morgan fingerprint density at radius 3 is 2.32 bits per heavy atom. The van der Waals surface area contributed by atoms with Crippen LogP contribution in [-0.4, -0.2) is 76.8 Å². The number of benzene rings is 1. The van der Waals surface area contributed by atoms with Crippen LogP contribution < -0.4 is 10.6 Å². The first-order valence-corrected chi connectivity index (χ1v) is 13.2. The molecule has 2 aliphatic heterocycles. The normalized spacial score (nSPS) is 18.0. The molecule has 2 aliphatic rings. The van der Waals surface area contributed by atoms with Crippen LogP contribution in [0, 0.1) is 5.41 Å². The monoisotopic (exact) mass is 508 g/mol. The van der Waals surface area contributed by atoms with Gasteiger partial charge in [0.25, 0.3) is 11.8 Å². The molecule has 4 rings (SSSR count). The molecule has 2 aromatic rings. The van der Waals surface area contributed by atoms with Crippen molar-refractivity contribution < 1.29 is 14.4 Å². The van der Waals surface area contributed by atoms with Gasteiger partial charge in [-0.05, 0) is 50.4 Å². The lowest BCUT2D eigenvalue weighted by Crippen LogP contribution is -2.53. The van der Waals surface area contributed by atoms with Crippen LogP contribution in [0.1, 0.15) is 78.3 Å². The highest BCUT2D eigenvalue weighted by atomic mass is 16.2. The summed E-state index contributed by atoms with van der Waals surface area (Å²) >= 11 is 0. The Morgan fingerprint density at radius 2 is 1.70 bits per heavy atom. The summed E-state index contributed by atoms with van der Waals surface area (Å²) in [6.07, 6.45) is 2.58. The van der Waals surface area contributed by atoms with Crippen LogP contribution in [0.15, 0.2) is 30.3 Å². The molecule has 0 aliphatic carbocycles. The van der Waals surface area contributed by atoms with Gasteiger partial charge < -0.3 is 25.0 Å². The van der Waals surface area contributed by atoms with Crippen molar-refractivity contribution >= 4 is 17.7 Å². The summed E-state index contributed by atoms with van der Waals surface area (Å²) in [5.74, 6) is 0.616. The van der Waals surface area contributed by atoms with E-state index in [1.165, 1.54) is 0 Å². The second-order valence-corrected chi connectivity index (χ2v) is 11.3. The lowest BCUT2D eigenvalue weighted by Gasteiger charge is -2.32. The molecule has 1 aromatic heterocycles. The lowest BCUT2D eigenvalue weighted by molar-refractivity contribution is -0.124. The summed E-state index contributed by atoms with van der Waals surface area (Å²) in [4.78, 5) is 48.1. The number of nitrogens with one attached hydrogen (secondary N) is 2.